The molecule has 0 bridgehead atoms. The first-order valence-corrected chi connectivity index (χ1v) is 10.1. The minimum absolute atomic E-state index is 0.0305. The van der Waals surface area contributed by atoms with E-state index in [9.17, 15) is 9.18 Å². The van der Waals surface area contributed by atoms with Crippen LogP contribution in [0, 0.1) is 17.2 Å². The fourth-order valence-electron chi connectivity index (χ4n) is 4.60. The minimum Gasteiger partial charge on any atom is -0.337 e. The molecule has 3 aliphatic rings. The van der Waals surface area contributed by atoms with E-state index in [0.717, 1.165) is 37.8 Å². The fourth-order valence-corrected chi connectivity index (χ4v) is 4.60. The maximum atomic E-state index is 13.7. The second-order valence-corrected chi connectivity index (χ2v) is 8.78. The van der Waals surface area contributed by atoms with Gasteiger partial charge in [0.05, 0.1) is 6.04 Å². The average molecular weight is 368 g/mol. The zero-order valence-corrected chi connectivity index (χ0v) is 16.2. The summed E-state index contributed by atoms with van der Waals surface area (Å²) in [7, 11) is 0. The monoisotopic (exact) mass is 368 g/mol. The van der Waals surface area contributed by atoms with Crippen molar-refractivity contribution >= 4 is 5.91 Å². The van der Waals surface area contributed by atoms with Crippen molar-refractivity contribution in [3.8, 4) is 0 Å². The van der Waals surface area contributed by atoms with Crippen LogP contribution in [0.2, 0.25) is 0 Å². The number of likely N-dealkylation sites (tertiary alicyclic amines) is 1. The van der Waals surface area contributed by atoms with E-state index >= 15 is 0 Å². The van der Waals surface area contributed by atoms with Crippen molar-refractivity contribution in [3.63, 3.8) is 0 Å². The van der Waals surface area contributed by atoms with E-state index in [4.69, 9.17) is 5.73 Å². The Balaban J connectivity index is 1.52. The first kappa shape index (κ1) is 18.4. The number of rotatable bonds is 4. The molecule has 4 unspecified atom stereocenters. The van der Waals surface area contributed by atoms with Crippen LogP contribution in [0.15, 0.2) is 48.1 Å². The van der Waals surface area contributed by atoms with Crippen molar-refractivity contribution in [2.24, 2.45) is 17.1 Å². The molecule has 4 atom stereocenters. The van der Waals surface area contributed by atoms with Gasteiger partial charge in [-0.1, -0.05) is 49.8 Å². The first-order valence-electron chi connectivity index (χ1n) is 10.1. The number of nitrogens with two attached hydrogens (primary N) is 1. The Morgan fingerprint density at radius 3 is 2.85 bits per heavy atom. The molecule has 1 aromatic carbocycles. The van der Waals surface area contributed by atoms with E-state index in [1.54, 1.807) is 12.1 Å². The van der Waals surface area contributed by atoms with Gasteiger partial charge in [-0.25, -0.2) is 4.39 Å². The zero-order chi connectivity index (χ0) is 19.2. The van der Waals surface area contributed by atoms with Crippen molar-refractivity contribution in [3.05, 3.63) is 59.4 Å². The van der Waals surface area contributed by atoms with Gasteiger partial charge in [-0.15, -0.1) is 0 Å². The van der Waals surface area contributed by atoms with Gasteiger partial charge in [-0.3, -0.25) is 4.79 Å². The number of halogens is 1. The van der Waals surface area contributed by atoms with Gasteiger partial charge in [-0.2, -0.15) is 0 Å². The molecule has 1 saturated carbocycles. The van der Waals surface area contributed by atoms with E-state index < -0.39 is 0 Å². The summed E-state index contributed by atoms with van der Waals surface area (Å²) in [5.41, 5.74) is 8.55. The Kier molecular flexibility index (Phi) is 4.71. The quantitative estimate of drug-likeness (QED) is 0.867. The highest BCUT2D eigenvalue weighted by atomic mass is 19.1. The van der Waals surface area contributed by atoms with E-state index in [2.05, 4.69) is 32.1 Å². The predicted octanol–water partition coefficient (Wildman–Crippen LogP) is 4.16. The van der Waals surface area contributed by atoms with Crippen LogP contribution >= 0.6 is 0 Å². The summed E-state index contributed by atoms with van der Waals surface area (Å²) in [5.74, 6) is 0.500. The lowest BCUT2D eigenvalue weighted by molar-refractivity contribution is -0.137. The minimum atomic E-state index is -0.198. The number of carbonyl (C=O) groups is 1. The lowest BCUT2D eigenvalue weighted by atomic mass is 9.77. The number of carbonyl (C=O) groups excluding carboxylic acids is 1. The van der Waals surface area contributed by atoms with Crippen LogP contribution in [0.4, 0.5) is 4.39 Å². The van der Waals surface area contributed by atoms with Gasteiger partial charge < -0.3 is 10.6 Å². The van der Waals surface area contributed by atoms with Crippen molar-refractivity contribution in [2.45, 2.75) is 57.5 Å². The molecule has 2 N–H and O–H groups in total. The Hall–Kier alpha value is -1.94. The van der Waals surface area contributed by atoms with E-state index in [-0.39, 0.29) is 41.1 Å². The Morgan fingerprint density at radius 2 is 2.15 bits per heavy atom. The molecule has 1 heterocycles. The van der Waals surface area contributed by atoms with Crippen molar-refractivity contribution < 1.29 is 9.18 Å². The topological polar surface area (TPSA) is 46.3 Å². The molecule has 1 aliphatic heterocycles. The number of benzene rings is 1. The van der Waals surface area contributed by atoms with Gasteiger partial charge in [-0.05, 0) is 49.3 Å². The molecule has 4 rings (SSSR count). The summed E-state index contributed by atoms with van der Waals surface area (Å²) in [6.07, 6.45) is 10.0. The molecular formula is C23H29FN2O. The molecule has 27 heavy (non-hydrogen) atoms. The van der Waals surface area contributed by atoms with Crippen LogP contribution in [-0.4, -0.2) is 29.4 Å². The molecule has 0 aromatic heterocycles. The van der Waals surface area contributed by atoms with Crippen LogP contribution in [0.5, 0.6) is 0 Å². The van der Waals surface area contributed by atoms with Crippen molar-refractivity contribution in [1.29, 1.82) is 0 Å². The van der Waals surface area contributed by atoms with E-state index in [0.29, 0.717) is 0 Å². The lowest BCUT2D eigenvalue weighted by Gasteiger charge is -2.34. The van der Waals surface area contributed by atoms with Gasteiger partial charge in [0.1, 0.15) is 5.82 Å². The lowest BCUT2D eigenvalue weighted by Crippen LogP contribution is -2.45. The molecule has 1 amide bonds. The highest BCUT2D eigenvalue weighted by molar-refractivity contribution is 5.85. The third-order valence-corrected chi connectivity index (χ3v) is 6.81. The smallest absolute Gasteiger partial charge is 0.228 e. The Bertz CT molecular complexity index is 795. The molecule has 0 radical (unpaired) electrons. The molecule has 1 saturated heterocycles. The van der Waals surface area contributed by atoms with Gasteiger partial charge in [0.2, 0.25) is 5.91 Å². The molecule has 1 aromatic rings. The van der Waals surface area contributed by atoms with Gasteiger partial charge in [0.15, 0.2) is 0 Å². The number of allylic oxidation sites excluding steroid dienone is 3. The number of amides is 1. The van der Waals surface area contributed by atoms with Crippen LogP contribution in [0.3, 0.4) is 0 Å². The highest BCUT2D eigenvalue weighted by Gasteiger charge is 2.50. The van der Waals surface area contributed by atoms with Gasteiger partial charge >= 0.3 is 0 Å². The molecule has 0 spiro atoms. The summed E-state index contributed by atoms with van der Waals surface area (Å²) in [4.78, 5) is 15.0. The number of hydrogen-bond donors (Lipinski definition) is 1. The molecule has 2 aliphatic carbocycles. The average Bonchev–Trinajstić information content (AvgIpc) is 3.30. The molecule has 144 valence electrons. The highest BCUT2D eigenvalue weighted by Crippen LogP contribution is 2.48. The Labute approximate surface area is 161 Å². The Morgan fingerprint density at radius 1 is 1.37 bits per heavy atom. The molecule has 3 nitrogen and oxygen atoms in total. The summed E-state index contributed by atoms with van der Waals surface area (Å²) in [6, 6.07) is 6.97. The third kappa shape index (κ3) is 3.47. The number of hydrogen-bond acceptors (Lipinski definition) is 2. The summed E-state index contributed by atoms with van der Waals surface area (Å²) >= 11 is 0. The predicted molar refractivity (Wildman–Crippen MR) is 106 cm³/mol. The van der Waals surface area contributed by atoms with Crippen molar-refractivity contribution in [2.75, 3.05) is 6.54 Å². The van der Waals surface area contributed by atoms with Gasteiger partial charge in [0.25, 0.3) is 0 Å². The summed E-state index contributed by atoms with van der Waals surface area (Å²) in [5, 5.41) is 0. The van der Waals surface area contributed by atoms with E-state index in [1.165, 1.54) is 11.6 Å². The van der Waals surface area contributed by atoms with Crippen molar-refractivity contribution in [1.82, 2.24) is 4.90 Å². The standard InChI is InChI=1S/C23H29FN2O/c1-15-16(5-4-8-19(15)17-6-3-7-18(24)13-17)14-21-20(25)9-12-26(21)22(27)23(2)10-11-23/h3-8,13,15,19-21H,9-12,14,25H2,1-2H3. The third-order valence-electron chi connectivity index (χ3n) is 6.81. The number of nitrogens with zero attached hydrogens (tertiary/aromatic N) is 1. The van der Waals surface area contributed by atoms with Crippen LogP contribution < -0.4 is 5.73 Å². The maximum Gasteiger partial charge on any atom is 0.228 e. The zero-order valence-electron chi connectivity index (χ0n) is 16.2. The molecule has 2 fully saturated rings. The van der Waals surface area contributed by atoms with E-state index in [1.807, 2.05) is 11.0 Å². The molecular weight excluding hydrogens is 339 g/mol. The largest absolute Gasteiger partial charge is 0.337 e. The van der Waals surface area contributed by atoms with Crippen LogP contribution in [0.1, 0.15) is 51.0 Å². The van der Waals surface area contributed by atoms with Crippen LogP contribution in [0.25, 0.3) is 0 Å². The summed E-state index contributed by atoms with van der Waals surface area (Å²) in [6.45, 7) is 5.03. The second-order valence-electron chi connectivity index (χ2n) is 8.78. The van der Waals surface area contributed by atoms with Crippen LogP contribution in [-0.2, 0) is 4.79 Å². The first-order chi connectivity index (χ1) is 12.9. The second kappa shape index (κ2) is 6.90. The fraction of sp³-hybridized carbons (Fsp3) is 0.522. The van der Waals surface area contributed by atoms with Gasteiger partial charge in [0, 0.05) is 23.9 Å². The molecule has 4 heteroatoms. The maximum absolute atomic E-state index is 13.7. The SMILES string of the molecule is CC1C(CC2C(N)CCN2C(=O)C2(C)CC2)=CC=CC1c1cccc(F)c1. The summed E-state index contributed by atoms with van der Waals surface area (Å²) < 4.78 is 13.7. The normalized spacial score (nSPS) is 31.7.